The normalized spacial score (nSPS) is 11.5. The van der Waals surface area contributed by atoms with Crippen LogP contribution in [0.3, 0.4) is 0 Å². The summed E-state index contributed by atoms with van der Waals surface area (Å²) < 4.78 is 13.3. The van der Waals surface area contributed by atoms with Crippen LogP contribution in [-0.4, -0.2) is 36.9 Å². The van der Waals surface area contributed by atoms with Crippen LogP contribution in [0.5, 0.6) is 5.75 Å². The van der Waals surface area contributed by atoms with E-state index in [9.17, 15) is 0 Å². The molecule has 0 aliphatic rings. The van der Waals surface area contributed by atoms with Crippen LogP contribution < -0.4 is 15.4 Å². The lowest BCUT2D eigenvalue weighted by atomic mass is 10.1. The van der Waals surface area contributed by atoms with Crippen molar-refractivity contribution in [2.24, 2.45) is 12.0 Å². The van der Waals surface area contributed by atoms with Gasteiger partial charge in [-0.3, -0.25) is 0 Å². The molecule has 0 radical (unpaired) electrons. The Kier molecular flexibility index (Phi) is 8.71. The molecule has 0 bridgehead atoms. The summed E-state index contributed by atoms with van der Waals surface area (Å²) in [5.41, 5.74) is 3.46. The minimum atomic E-state index is 0.548. The summed E-state index contributed by atoms with van der Waals surface area (Å²) in [7, 11) is 2.02. The van der Waals surface area contributed by atoms with E-state index in [2.05, 4.69) is 59.9 Å². The monoisotopic (exact) mass is 372 g/mol. The van der Waals surface area contributed by atoms with Crippen molar-refractivity contribution in [2.45, 2.75) is 33.9 Å². The van der Waals surface area contributed by atoms with Gasteiger partial charge in [0.25, 0.3) is 0 Å². The molecule has 2 aromatic rings. The molecule has 1 aromatic heterocycles. The van der Waals surface area contributed by atoms with Gasteiger partial charge in [0.05, 0.1) is 13.2 Å². The molecule has 0 atom stereocenters. The predicted octanol–water partition coefficient (Wildman–Crippen LogP) is 3.00. The minimum Gasteiger partial charge on any atom is -0.491 e. The summed E-state index contributed by atoms with van der Waals surface area (Å²) in [5.74, 6) is 1.68. The van der Waals surface area contributed by atoms with Gasteiger partial charge in [-0.05, 0) is 44.0 Å². The van der Waals surface area contributed by atoms with Crippen molar-refractivity contribution < 1.29 is 9.47 Å². The van der Waals surface area contributed by atoms with Gasteiger partial charge >= 0.3 is 0 Å². The lowest BCUT2D eigenvalue weighted by Crippen LogP contribution is -2.36. The zero-order chi connectivity index (χ0) is 19.5. The van der Waals surface area contributed by atoms with E-state index in [4.69, 9.17) is 9.47 Å². The van der Waals surface area contributed by atoms with Crippen molar-refractivity contribution in [3.63, 3.8) is 0 Å². The second kappa shape index (κ2) is 11.3. The van der Waals surface area contributed by atoms with Gasteiger partial charge < -0.3 is 24.7 Å². The molecule has 0 fully saturated rings. The average Bonchev–Trinajstić information content (AvgIpc) is 3.07. The maximum Gasteiger partial charge on any atom is 0.191 e. The summed E-state index contributed by atoms with van der Waals surface area (Å²) in [5, 5.41) is 6.69. The Balaban J connectivity index is 1.98. The van der Waals surface area contributed by atoms with Crippen LogP contribution in [-0.2, 0) is 24.9 Å². The Morgan fingerprint density at radius 2 is 2.00 bits per heavy atom. The van der Waals surface area contributed by atoms with Gasteiger partial charge in [0.15, 0.2) is 5.96 Å². The van der Waals surface area contributed by atoms with Crippen LogP contribution in [0, 0.1) is 6.92 Å². The molecule has 2 N–H and O–H groups in total. The molecule has 6 heteroatoms. The van der Waals surface area contributed by atoms with Crippen molar-refractivity contribution in [3.05, 3.63) is 53.3 Å². The molecule has 0 spiro atoms. The number of aliphatic imine (C=N–C) groups is 1. The van der Waals surface area contributed by atoms with Crippen molar-refractivity contribution in [2.75, 3.05) is 26.4 Å². The highest BCUT2D eigenvalue weighted by Gasteiger charge is 2.06. The van der Waals surface area contributed by atoms with Gasteiger partial charge in [-0.25, -0.2) is 4.99 Å². The number of ether oxygens (including phenoxy) is 2. The van der Waals surface area contributed by atoms with Crippen LogP contribution in [0.4, 0.5) is 0 Å². The number of hydrogen-bond acceptors (Lipinski definition) is 3. The standard InChI is InChI=1S/C21H32N4O2/c1-5-22-21(23-14-18-9-10-25(4)16-18)24-15-19-8-7-17(3)13-20(19)27-12-11-26-6-2/h7-10,13,16H,5-6,11-12,14-15H2,1-4H3,(H2,22,23,24). The summed E-state index contributed by atoms with van der Waals surface area (Å²) in [6, 6.07) is 8.34. The summed E-state index contributed by atoms with van der Waals surface area (Å²) in [4.78, 5) is 4.67. The summed E-state index contributed by atoms with van der Waals surface area (Å²) in [6.45, 7) is 10.1. The first-order valence-corrected chi connectivity index (χ1v) is 9.55. The first-order chi connectivity index (χ1) is 13.1. The number of guanidine groups is 1. The minimum absolute atomic E-state index is 0.548. The fourth-order valence-electron chi connectivity index (χ4n) is 2.64. The van der Waals surface area contributed by atoms with E-state index in [0.29, 0.717) is 32.9 Å². The zero-order valence-electron chi connectivity index (χ0n) is 16.9. The molecule has 0 aliphatic carbocycles. The quantitative estimate of drug-likeness (QED) is 0.382. The van der Waals surface area contributed by atoms with E-state index in [0.717, 1.165) is 23.8 Å². The first kappa shape index (κ1) is 20.8. The van der Waals surface area contributed by atoms with E-state index in [1.54, 1.807) is 0 Å². The van der Waals surface area contributed by atoms with Crippen LogP contribution >= 0.6 is 0 Å². The Morgan fingerprint density at radius 1 is 1.15 bits per heavy atom. The van der Waals surface area contributed by atoms with Crippen molar-refractivity contribution >= 4 is 5.96 Å². The van der Waals surface area contributed by atoms with Gasteiger partial charge in [-0.15, -0.1) is 0 Å². The van der Waals surface area contributed by atoms with Crippen molar-refractivity contribution in [3.8, 4) is 5.75 Å². The molecule has 0 saturated carbocycles. The maximum absolute atomic E-state index is 5.92. The molecule has 2 rings (SSSR count). The van der Waals surface area contributed by atoms with Crippen molar-refractivity contribution in [1.29, 1.82) is 0 Å². The zero-order valence-corrected chi connectivity index (χ0v) is 16.9. The van der Waals surface area contributed by atoms with Gasteiger partial charge in [0.2, 0.25) is 0 Å². The molecular weight excluding hydrogens is 340 g/mol. The fraction of sp³-hybridized carbons (Fsp3) is 0.476. The highest BCUT2D eigenvalue weighted by molar-refractivity contribution is 5.79. The van der Waals surface area contributed by atoms with Crippen LogP contribution in [0.1, 0.15) is 30.5 Å². The fourth-order valence-corrected chi connectivity index (χ4v) is 2.64. The molecule has 1 heterocycles. The number of aryl methyl sites for hydroxylation is 2. The Labute approximate surface area is 162 Å². The maximum atomic E-state index is 5.92. The highest BCUT2D eigenvalue weighted by atomic mass is 16.5. The highest BCUT2D eigenvalue weighted by Crippen LogP contribution is 2.20. The first-order valence-electron chi connectivity index (χ1n) is 9.55. The summed E-state index contributed by atoms with van der Waals surface area (Å²) >= 11 is 0. The number of hydrogen-bond donors (Lipinski definition) is 2. The predicted molar refractivity (Wildman–Crippen MR) is 110 cm³/mol. The van der Waals surface area contributed by atoms with Crippen LogP contribution in [0.25, 0.3) is 0 Å². The molecule has 0 amide bonds. The molecule has 27 heavy (non-hydrogen) atoms. The molecule has 0 saturated heterocycles. The number of nitrogens with one attached hydrogen (secondary N) is 2. The Hall–Kier alpha value is -2.47. The number of benzene rings is 1. The third-order valence-electron chi connectivity index (χ3n) is 4.02. The van der Waals surface area contributed by atoms with Gasteiger partial charge in [0, 0.05) is 44.7 Å². The lowest BCUT2D eigenvalue weighted by molar-refractivity contribution is 0.110. The topological polar surface area (TPSA) is 59.8 Å². The van der Waals surface area contributed by atoms with E-state index in [1.807, 2.05) is 24.7 Å². The smallest absolute Gasteiger partial charge is 0.191 e. The van der Waals surface area contributed by atoms with E-state index in [1.165, 1.54) is 11.1 Å². The molecule has 148 valence electrons. The van der Waals surface area contributed by atoms with E-state index >= 15 is 0 Å². The third kappa shape index (κ3) is 7.35. The number of aromatic nitrogens is 1. The van der Waals surface area contributed by atoms with E-state index in [-0.39, 0.29) is 0 Å². The largest absolute Gasteiger partial charge is 0.491 e. The van der Waals surface area contributed by atoms with Crippen LogP contribution in [0.2, 0.25) is 0 Å². The Bertz CT molecular complexity index is 725. The summed E-state index contributed by atoms with van der Waals surface area (Å²) in [6.07, 6.45) is 4.11. The molecule has 0 unspecified atom stereocenters. The van der Waals surface area contributed by atoms with Gasteiger partial charge in [-0.1, -0.05) is 12.1 Å². The van der Waals surface area contributed by atoms with E-state index < -0.39 is 0 Å². The second-order valence-electron chi connectivity index (χ2n) is 6.39. The van der Waals surface area contributed by atoms with Gasteiger partial charge in [0.1, 0.15) is 12.4 Å². The van der Waals surface area contributed by atoms with Gasteiger partial charge in [-0.2, -0.15) is 0 Å². The molecule has 1 aromatic carbocycles. The molecule has 6 nitrogen and oxygen atoms in total. The SMILES string of the molecule is CCNC(=NCc1ccn(C)c1)NCc1ccc(C)cc1OCCOCC. The molecular formula is C21H32N4O2. The Morgan fingerprint density at radius 3 is 2.70 bits per heavy atom. The number of rotatable bonds is 10. The molecule has 0 aliphatic heterocycles. The van der Waals surface area contributed by atoms with Crippen LogP contribution in [0.15, 0.2) is 41.7 Å². The van der Waals surface area contributed by atoms with Crippen molar-refractivity contribution in [1.82, 2.24) is 15.2 Å². The third-order valence-corrected chi connectivity index (χ3v) is 4.02. The lowest BCUT2D eigenvalue weighted by Gasteiger charge is -2.15. The average molecular weight is 373 g/mol. The second-order valence-corrected chi connectivity index (χ2v) is 6.39. The number of nitrogens with zero attached hydrogens (tertiary/aromatic N) is 2.